The Morgan fingerprint density at radius 2 is 1.87 bits per heavy atom. The predicted octanol–water partition coefficient (Wildman–Crippen LogP) is 2.95. The second-order valence-electron chi connectivity index (χ2n) is 8.01. The number of ether oxygens (including phenoxy) is 1. The van der Waals surface area contributed by atoms with E-state index in [2.05, 4.69) is 15.3 Å². The van der Waals surface area contributed by atoms with Crippen LogP contribution in [0.1, 0.15) is 42.6 Å². The Bertz CT molecular complexity index is 947. The van der Waals surface area contributed by atoms with Gasteiger partial charge in [0.1, 0.15) is 17.2 Å². The van der Waals surface area contributed by atoms with E-state index < -0.39 is 41.3 Å². The second-order valence-corrected chi connectivity index (χ2v) is 8.01. The van der Waals surface area contributed by atoms with E-state index in [1.807, 2.05) is 0 Å². The van der Waals surface area contributed by atoms with Crippen molar-refractivity contribution in [1.82, 2.24) is 15.3 Å². The molecule has 0 spiro atoms. The van der Waals surface area contributed by atoms with Crippen LogP contribution < -0.4 is 10.2 Å². The lowest BCUT2D eigenvalue weighted by molar-refractivity contribution is 0.0504. The fraction of sp³-hybridized carbons (Fsp3) is 0.400. The number of aromatic carboxylic acids is 1. The number of hydrogen-bond donors (Lipinski definition) is 2. The van der Waals surface area contributed by atoms with Gasteiger partial charge in [-0.05, 0) is 44.5 Å². The van der Waals surface area contributed by atoms with Gasteiger partial charge in [-0.1, -0.05) is 0 Å². The van der Waals surface area contributed by atoms with Crippen LogP contribution in [0.5, 0.6) is 0 Å². The Hall–Kier alpha value is -3.30. The minimum absolute atomic E-state index is 0.0749. The third-order valence-electron chi connectivity index (χ3n) is 4.55. The molecule has 1 aliphatic heterocycles. The summed E-state index contributed by atoms with van der Waals surface area (Å²) in [7, 11) is 0. The number of nitrogens with zero attached hydrogens (tertiary/aromatic N) is 3. The van der Waals surface area contributed by atoms with E-state index in [1.54, 1.807) is 25.7 Å². The number of carbonyl (C=O) groups is 2. The van der Waals surface area contributed by atoms with Gasteiger partial charge in [0.15, 0.2) is 0 Å². The highest BCUT2D eigenvalue weighted by Gasteiger charge is 2.38. The van der Waals surface area contributed by atoms with Crippen molar-refractivity contribution in [3.8, 4) is 0 Å². The first-order valence-electron chi connectivity index (χ1n) is 9.28. The molecule has 160 valence electrons. The van der Waals surface area contributed by atoms with E-state index in [9.17, 15) is 18.4 Å². The average molecular weight is 420 g/mol. The summed E-state index contributed by atoms with van der Waals surface area (Å²) < 4.78 is 33.5. The fourth-order valence-corrected chi connectivity index (χ4v) is 3.28. The standard InChI is InChI=1S/C20H22F2N4O4/c1-20(2,3)30-19(29)25-16-10-26(18-23-7-11(8-24-18)17(27)28)9-14(16)13-6-12(21)4-5-15(13)22/h4-8,14,16H,9-10H2,1-3H3,(H,25,29)(H,27,28)/t14-,16+/m1/s1. The molecule has 0 unspecified atom stereocenters. The van der Waals surface area contributed by atoms with Crippen LogP contribution in [0.3, 0.4) is 0 Å². The minimum atomic E-state index is -1.16. The van der Waals surface area contributed by atoms with Crippen molar-refractivity contribution < 1.29 is 28.2 Å². The van der Waals surface area contributed by atoms with Crippen molar-refractivity contribution in [3.63, 3.8) is 0 Å². The summed E-state index contributed by atoms with van der Waals surface area (Å²) in [5.41, 5.74) is -0.688. The quantitative estimate of drug-likeness (QED) is 0.784. The maximum Gasteiger partial charge on any atom is 0.407 e. The number of alkyl carbamates (subject to hydrolysis) is 1. The zero-order valence-corrected chi connectivity index (χ0v) is 16.7. The maximum atomic E-state index is 14.4. The number of carboxylic acids is 1. The molecule has 1 aromatic carbocycles. The summed E-state index contributed by atoms with van der Waals surface area (Å²) in [4.78, 5) is 33.0. The van der Waals surface area contributed by atoms with E-state index in [0.29, 0.717) is 0 Å². The maximum absolute atomic E-state index is 14.4. The van der Waals surface area contributed by atoms with E-state index in [1.165, 1.54) is 0 Å². The molecule has 1 aliphatic rings. The molecular weight excluding hydrogens is 398 g/mol. The highest BCUT2D eigenvalue weighted by molar-refractivity contribution is 5.86. The Kier molecular flexibility index (Phi) is 5.86. The van der Waals surface area contributed by atoms with Crippen molar-refractivity contribution in [3.05, 3.63) is 53.4 Å². The lowest BCUT2D eigenvalue weighted by Gasteiger charge is -2.24. The fourth-order valence-electron chi connectivity index (χ4n) is 3.28. The molecular formula is C20H22F2N4O4. The van der Waals surface area contributed by atoms with Gasteiger partial charge in [0, 0.05) is 31.4 Å². The van der Waals surface area contributed by atoms with Crippen molar-refractivity contribution in [1.29, 1.82) is 0 Å². The Labute approximate surface area is 171 Å². The number of carbonyl (C=O) groups excluding carboxylic acids is 1. The molecule has 1 saturated heterocycles. The minimum Gasteiger partial charge on any atom is -0.478 e. The zero-order valence-electron chi connectivity index (χ0n) is 16.7. The van der Waals surface area contributed by atoms with Gasteiger partial charge in [0.2, 0.25) is 5.95 Å². The van der Waals surface area contributed by atoms with Gasteiger partial charge in [-0.2, -0.15) is 0 Å². The van der Waals surface area contributed by atoms with Crippen molar-refractivity contribution in [2.45, 2.75) is 38.3 Å². The van der Waals surface area contributed by atoms with Crippen LogP contribution in [-0.4, -0.2) is 51.9 Å². The number of benzene rings is 1. The van der Waals surface area contributed by atoms with Crippen molar-refractivity contribution in [2.75, 3.05) is 18.0 Å². The van der Waals surface area contributed by atoms with Crippen LogP contribution >= 0.6 is 0 Å². The van der Waals surface area contributed by atoms with Crippen molar-refractivity contribution >= 4 is 18.0 Å². The van der Waals surface area contributed by atoms with Gasteiger partial charge in [-0.15, -0.1) is 0 Å². The first-order valence-corrected chi connectivity index (χ1v) is 9.28. The third kappa shape index (κ3) is 5.00. The summed E-state index contributed by atoms with van der Waals surface area (Å²) in [6.45, 7) is 5.54. The Balaban J connectivity index is 1.88. The summed E-state index contributed by atoms with van der Waals surface area (Å²) in [6, 6.07) is 2.55. The average Bonchev–Trinajstić information content (AvgIpc) is 3.05. The summed E-state index contributed by atoms with van der Waals surface area (Å²) in [6.07, 6.45) is 1.65. The molecule has 3 rings (SSSR count). The van der Waals surface area contributed by atoms with Gasteiger partial charge in [-0.3, -0.25) is 0 Å². The van der Waals surface area contributed by atoms with Crippen LogP contribution in [-0.2, 0) is 4.74 Å². The molecule has 0 saturated carbocycles. The van der Waals surface area contributed by atoms with E-state index in [-0.39, 0.29) is 30.2 Å². The predicted molar refractivity (Wildman–Crippen MR) is 103 cm³/mol. The van der Waals surface area contributed by atoms with Crippen LogP contribution in [0.4, 0.5) is 19.5 Å². The number of hydrogen-bond acceptors (Lipinski definition) is 6. The molecule has 2 aromatic rings. The molecule has 30 heavy (non-hydrogen) atoms. The van der Waals surface area contributed by atoms with Crippen LogP contribution in [0.2, 0.25) is 0 Å². The summed E-state index contributed by atoms with van der Waals surface area (Å²) in [5.74, 6) is -2.73. The number of anilines is 1. The van der Waals surface area contributed by atoms with Crippen LogP contribution in [0.15, 0.2) is 30.6 Å². The van der Waals surface area contributed by atoms with E-state index in [0.717, 1.165) is 30.6 Å². The second kappa shape index (κ2) is 8.21. The number of aromatic nitrogens is 2. The van der Waals surface area contributed by atoms with Crippen LogP contribution in [0, 0.1) is 11.6 Å². The molecule has 0 bridgehead atoms. The van der Waals surface area contributed by atoms with Gasteiger partial charge in [-0.25, -0.2) is 28.3 Å². The SMILES string of the molecule is CC(C)(C)OC(=O)N[C@H]1CN(c2ncc(C(=O)O)cn2)C[C@@H]1c1cc(F)ccc1F. The number of amides is 1. The van der Waals surface area contributed by atoms with E-state index >= 15 is 0 Å². The number of halogens is 2. The van der Waals surface area contributed by atoms with Crippen LogP contribution in [0.25, 0.3) is 0 Å². The number of rotatable bonds is 4. The normalized spacial score (nSPS) is 18.9. The molecule has 2 atom stereocenters. The molecule has 1 fully saturated rings. The van der Waals surface area contributed by atoms with Gasteiger partial charge in [0.25, 0.3) is 0 Å². The molecule has 1 aromatic heterocycles. The lowest BCUT2D eigenvalue weighted by atomic mass is 9.94. The molecule has 2 heterocycles. The highest BCUT2D eigenvalue weighted by Crippen LogP contribution is 2.32. The van der Waals surface area contributed by atoms with Crippen molar-refractivity contribution in [2.24, 2.45) is 0 Å². The molecule has 10 heteroatoms. The van der Waals surface area contributed by atoms with Gasteiger partial charge < -0.3 is 20.1 Å². The monoisotopic (exact) mass is 420 g/mol. The smallest absolute Gasteiger partial charge is 0.407 e. The zero-order chi connectivity index (χ0) is 22.1. The summed E-state index contributed by atoms with van der Waals surface area (Å²) in [5, 5.41) is 11.7. The molecule has 0 radical (unpaired) electrons. The first kappa shape index (κ1) is 21.4. The Morgan fingerprint density at radius 3 is 2.47 bits per heavy atom. The number of carboxylic acid groups (broad SMARTS) is 1. The lowest BCUT2D eigenvalue weighted by Crippen LogP contribution is -2.43. The third-order valence-corrected chi connectivity index (χ3v) is 4.55. The topological polar surface area (TPSA) is 105 Å². The Morgan fingerprint density at radius 1 is 1.20 bits per heavy atom. The number of nitrogens with one attached hydrogen (secondary N) is 1. The summed E-state index contributed by atoms with van der Waals surface area (Å²) >= 11 is 0. The van der Waals surface area contributed by atoms with E-state index in [4.69, 9.17) is 9.84 Å². The first-order chi connectivity index (χ1) is 14.0. The molecule has 8 nitrogen and oxygen atoms in total. The molecule has 0 aliphatic carbocycles. The molecule has 2 N–H and O–H groups in total. The van der Waals surface area contributed by atoms with Gasteiger partial charge in [0.05, 0.1) is 11.6 Å². The van der Waals surface area contributed by atoms with Gasteiger partial charge >= 0.3 is 12.1 Å². The largest absolute Gasteiger partial charge is 0.478 e. The highest BCUT2D eigenvalue weighted by atomic mass is 19.1. The molecule has 1 amide bonds.